The van der Waals surface area contributed by atoms with E-state index in [1.165, 1.54) is 11.5 Å². The van der Waals surface area contributed by atoms with Crippen LogP contribution in [0.2, 0.25) is 0 Å². The minimum Gasteiger partial charge on any atom is -0.345 e. The Balaban J connectivity index is 2.14. The molecule has 0 bridgehead atoms. The van der Waals surface area contributed by atoms with E-state index in [9.17, 15) is 0 Å². The summed E-state index contributed by atoms with van der Waals surface area (Å²) in [6.45, 7) is 0. The fourth-order valence-electron chi connectivity index (χ4n) is 0.839. The first kappa shape index (κ1) is 7.24. The van der Waals surface area contributed by atoms with Gasteiger partial charge in [0.2, 0.25) is 0 Å². The monoisotopic (exact) mass is 177 g/mol. The second-order valence-electron chi connectivity index (χ2n) is 2.27. The summed E-state index contributed by atoms with van der Waals surface area (Å²) in [5, 5.41) is 1.99. The van der Waals surface area contributed by atoms with Crippen LogP contribution in [0.25, 0.3) is 12.2 Å². The second-order valence-corrected chi connectivity index (χ2v) is 2.92. The zero-order chi connectivity index (χ0) is 8.23. The van der Waals surface area contributed by atoms with Crippen molar-refractivity contribution in [3.63, 3.8) is 0 Å². The van der Waals surface area contributed by atoms with Crippen LogP contribution in [0, 0.1) is 0 Å². The van der Waals surface area contributed by atoms with Crippen molar-refractivity contribution in [2.24, 2.45) is 0 Å². The summed E-state index contributed by atoms with van der Waals surface area (Å²) in [5.74, 6) is 0.862. The van der Waals surface area contributed by atoms with E-state index in [1.807, 2.05) is 23.7 Å². The smallest absolute Gasteiger partial charge is 0.129 e. The zero-order valence-electron chi connectivity index (χ0n) is 6.27. The highest BCUT2D eigenvalue weighted by molar-refractivity contribution is 7.03. The molecule has 0 saturated heterocycles. The summed E-state index contributed by atoms with van der Waals surface area (Å²) in [6, 6.07) is 0. The Kier molecular flexibility index (Phi) is 2.00. The molecule has 3 nitrogen and oxygen atoms in total. The molecule has 1 N–H and O–H groups in total. The molecule has 2 rings (SSSR count). The van der Waals surface area contributed by atoms with Crippen LogP contribution in [0.5, 0.6) is 0 Å². The molecule has 0 atom stereocenters. The first-order chi connectivity index (χ1) is 5.95. The summed E-state index contributed by atoms with van der Waals surface area (Å²) in [4.78, 5) is 7.04. The molecule has 0 unspecified atom stereocenters. The molecule has 0 spiro atoms. The molecule has 2 aromatic heterocycles. The molecule has 0 aliphatic heterocycles. The number of rotatable bonds is 2. The van der Waals surface area contributed by atoms with Crippen LogP contribution in [-0.2, 0) is 0 Å². The topological polar surface area (TPSA) is 41.6 Å². The van der Waals surface area contributed by atoms with Crippen LogP contribution in [0.3, 0.4) is 0 Å². The van der Waals surface area contributed by atoms with Gasteiger partial charge in [0.1, 0.15) is 5.82 Å². The van der Waals surface area contributed by atoms with E-state index in [0.717, 1.165) is 11.4 Å². The average molecular weight is 177 g/mol. The van der Waals surface area contributed by atoms with Crippen molar-refractivity contribution in [1.82, 2.24) is 14.3 Å². The van der Waals surface area contributed by atoms with Gasteiger partial charge in [0.05, 0.1) is 0 Å². The number of aromatic amines is 1. The molecular weight excluding hydrogens is 170 g/mol. The largest absolute Gasteiger partial charge is 0.345 e. The van der Waals surface area contributed by atoms with Gasteiger partial charge in [-0.3, -0.25) is 0 Å². The molecule has 0 fully saturated rings. The maximum absolute atomic E-state index is 4.06. The Bertz CT molecular complexity index is 311. The summed E-state index contributed by atoms with van der Waals surface area (Å²) in [7, 11) is 0. The first-order valence-corrected chi connectivity index (χ1v) is 4.35. The Morgan fingerprint density at radius 1 is 1.42 bits per heavy atom. The van der Waals surface area contributed by atoms with E-state index in [4.69, 9.17) is 0 Å². The van der Waals surface area contributed by atoms with Crippen LogP contribution in [0.4, 0.5) is 0 Å². The van der Waals surface area contributed by atoms with Gasteiger partial charge in [0.25, 0.3) is 0 Å². The Morgan fingerprint density at radius 3 is 3.08 bits per heavy atom. The third-order valence-corrected chi connectivity index (χ3v) is 2.01. The maximum Gasteiger partial charge on any atom is 0.129 e. The van der Waals surface area contributed by atoms with Crippen molar-refractivity contribution in [2.45, 2.75) is 0 Å². The average Bonchev–Trinajstić information content (AvgIpc) is 2.74. The molecular formula is C8H7N3S. The highest BCUT2D eigenvalue weighted by Crippen LogP contribution is 2.05. The lowest BCUT2D eigenvalue weighted by molar-refractivity contribution is 1.27. The van der Waals surface area contributed by atoms with E-state index >= 15 is 0 Å². The van der Waals surface area contributed by atoms with E-state index in [1.54, 1.807) is 12.4 Å². The molecule has 0 saturated carbocycles. The number of H-pyrrole nitrogens is 1. The number of nitrogens with zero attached hydrogens (tertiary/aromatic N) is 2. The van der Waals surface area contributed by atoms with Gasteiger partial charge in [-0.2, -0.15) is 0 Å². The fourth-order valence-corrected chi connectivity index (χ4v) is 1.34. The van der Waals surface area contributed by atoms with Crippen LogP contribution in [-0.4, -0.2) is 14.3 Å². The van der Waals surface area contributed by atoms with Crippen molar-refractivity contribution >= 4 is 23.7 Å². The van der Waals surface area contributed by atoms with E-state index in [-0.39, 0.29) is 0 Å². The molecule has 12 heavy (non-hydrogen) atoms. The van der Waals surface area contributed by atoms with Gasteiger partial charge >= 0.3 is 0 Å². The van der Waals surface area contributed by atoms with Crippen molar-refractivity contribution in [1.29, 1.82) is 0 Å². The molecule has 0 radical (unpaired) electrons. The van der Waals surface area contributed by atoms with Gasteiger partial charge in [-0.1, -0.05) is 0 Å². The van der Waals surface area contributed by atoms with Crippen LogP contribution in [0.15, 0.2) is 24.0 Å². The van der Waals surface area contributed by atoms with Crippen LogP contribution < -0.4 is 0 Å². The third kappa shape index (κ3) is 1.60. The highest BCUT2D eigenvalue weighted by Gasteiger charge is 1.88. The van der Waals surface area contributed by atoms with E-state index in [2.05, 4.69) is 14.3 Å². The number of imidazole rings is 1. The van der Waals surface area contributed by atoms with Crippen molar-refractivity contribution in [3.8, 4) is 0 Å². The first-order valence-electron chi connectivity index (χ1n) is 3.52. The lowest BCUT2D eigenvalue weighted by atomic mass is 10.3. The third-order valence-electron chi connectivity index (χ3n) is 1.40. The number of hydrogen-bond acceptors (Lipinski definition) is 3. The van der Waals surface area contributed by atoms with Gasteiger partial charge in [-0.25, -0.2) is 9.36 Å². The van der Waals surface area contributed by atoms with Crippen molar-refractivity contribution < 1.29 is 0 Å². The van der Waals surface area contributed by atoms with Gasteiger partial charge in [0.15, 0.2) is 0 Å². The maximum atomic E-state index is 4.06. The van der Waals surface area contributed by atoms with Gasteiger partial charge in [-0.05, 0) is 23.7 Å². The lowest BCUT2D eigenvalue weighted by Crippen LogP contribution is -1.71. The summed E-state index contributed by atoms with van der Waals surface area (Å²) >= 11 is 1.44. The van der Waals surface area contributed by atoms with Gasteiger partial charge < -0.3 is 4.98 Å². The fraction of sp³-hybridized carbons (Fsp3) is 0. The highest BCUT2D eigenvalue weighted by atomic mass is 32.1. The van der Waals surface area contributed by atoms with Crippen LogP contribution in [0.1, 0.15) is 11.4 Å². The molecule has 0 aliphatic rings. The van der Waals surface area contributed by atoms with Gasteiger partial charge in [0, 0.05) is 29.5 Å². The SMILES string of the molecule is C(=Cc1ncc[nH]1)c1cnsc1. The minimum absolute atomic E-state index is 0.862. The number of aromatic nitrogens is 3. The van der Waals surface area contributed by atoms with Crippen molar-refractivity contribution in [2.75, 3.05) is 0 Å². The molecule has 2 heterocycles. The predicted molar refractivity (Wildman–Crippen MR) is 49.6 cm³/mol. The number of hydrogen-bond donors (Lipinski definition) is 1. The normalized spacial score (nSPS) is 11.0. The molecule has 60 valence electrons. The molecule has 2 aromatic rings. The minimum atomic E-state index is 0.862. The number of nitrogens with one attached hydrogen (secondary N) is 1. The standard InChI is InChI=1S/C8H7N3S/c1(7-5-11-12-6-7)2-8-9-3-4-10-8/h1-6H,(H,9,10). The van der Waals surface area contributed by atoms with E-state index < -0.39 is 0 Å². The van der Waals surface area contributed by atoms with Crippen molar-refractivity contribution in [3.05, 3.63) is 35.4 Å². The summed E-state index contributed by atoms with van der Waals surface area (Å²) in [6.07, 6.45) is 9.24. The summed E-state index contributed by atoms with van der Waals surface area (Å²) < 4.78 is 3.98. The quantitative estimate of drug-likeness (QED) is 0.762. The predicted octanol–water partition coefficient (Wildman–Crippen LogP) is 2.04. The molecule has 4 heteroatoms. The summed E-state index contributed by atoms with van der Waals surface area (Å²) in [5.41, 5.74) is 1.11. The Morgan fingerprint density at radius 2 is 2.42 bits per heavy atom. The van der Waals surface area contributed by atoms with Gasteiger partial charge in [-0.15, -0.1) is 0 Å². The Hall–Kier alpha value is -1.42. The lowest BCUT2D eigenvalue weighted by Gasteiger charge is -1.81. The molecule has 0 aromatic carbocycles. The zero-order valence-corrected chi connectivity index (χ0v) is 7.08. The molecule has 0 aliphatic carbocycles. The second kappa shape index (κ2) is 3.32. The van der Waals surface area contributed by atoms with E-state index in [0.29, 0.717) is 0 Å². The molecule has 0 amide bonds. The Labute approximate surface area is 74.0 Å². The van der Waals surface area contributed by atoms with Crippen LogP contribution >= 0.6 is 11.5 Å².